The number of carboxylic acids is 1. The first-order valence-electron chi connectivity index (χ1n) is 14.2. The molecule has 0 aliphatic heterocycles. The summed E-state index contributed by atoms with van der Waals surface area (Å²) < 4.78 is 6.08. The number of rotatable bonds is 6. The van der Waals surface area contributed by atoms with Crippen LogP contribution in [0.1, 0.15) is 93.9 Å². The third-order valence-electron chi connectivity index (χ3n) is 11.6. The molecule has 0 unspecified atom stereocenters. The Bertz CT molecular complexity index is 1130. The van der Waals surface area contributed by atoms with Crippen LogP contribution < -0.4 is 0 Å². The van der Waals surface area contributed by atoms with Crippen LogP contribution in [0, 0.1) is 39.4 Å². The molecule has 0 amide bonds. The number of aliphatic hydroxyl groups excluding tert-OH is 1. The molecule has 210 valence electrons. The summed E-state index contributed by atoms with van der Waals surface area (Å²) in [7, 11) is 0. The molecule has 4 aliphatic rings. The number of allylic oxidation sites excluding steroid dienone is 4. The average molecular weight is 527 g/mol. The third-order valence-corrected chi connectivity index (χ3v) is 11.6. The van der Waals surface area contributed by atoms with E-state index in [0.717, 1.165) is 25.7 Å². The molecule has 2 saturated carbocycles. The van der Waals surface area contributed by atoms with Crippen molar-refractivity contribution in [3.05, 3.63) is 34.9 Å². The second-order valence-corrected chi connectivity index (χ2v) is 13.9. The van der Waals surface area contributed by atoms with Gasteiger partial charge in [-0.2, -0.15) is 0 Å². The quantitative estimate of drug-likeness (QED) is 0.323. The van der Waals surface area contributed by atoms with Crippen LogP contribution in [0.25, 0.3) is 0 Å². The largest absolute Gasteiger partial charge is 0.478 e. The predicted molar refractivity (Wildman–Crippen MR) is 146 cm³/mol. The maximum absolute atomic E-state index is 12.8. The summed E-state index contributed by atoms with van der Waals surface area (Å²) in [5.74, 6) is -1.11. The van der Waals surface area contributed by atoms with Gasteiger partial charge in [0, 0.05) is 24.3 Å². The molecule has 0 aromatic carbocycles. The van der Waals surface area contributed by atoms with Gasteiger partial charge in [0.2, 0.25) is 0 Å². The zero-order valence-electron chi connectivity index (χ0n) is 24.4. The molecule has 0 radical (unpaired) electrons. The second-order valence-electron chi connectivity index (χ2n) is 13.9. The zero-order chi connectivity index (χ0) is 28.4. The van der Waals surface area contributed by atoms with Gasteiger partial charge in [-0.3, -0.25) is 9.59 Å². The van der Waals surface area contributed by atoms with Crippen molar-refractivity contribution in [2.24, 2.45) is 39.4 Å². The van der Waals surface area contributed by atoms with Crippen molar-refractivity contribution in [1.82, 2.24) is 0 Å². The molecular weight excluding hydrogens is 480 g/mol. The van der Waals surface area contributed by atoms with Crippen LogP contribution in [-0.4, -0.2) is 40.1 Å². The van der Waals surface area contributed by atoms with Gasteiger partial charge in [-0.05, 0) is 90.2 Å². The van der Waals surface area contributed by atoms with Crippen LogP contribution in [-0.2, 0) is 19.1 Å². The summed E-state index contributed by atoms with van der Waals surface area (Å²) in [5, 5.41) is 20.0. The van der Waals surface area contributed by atoms with Gasteiger partial charge in [0.25, 0.3) is 0 Å². The van der Waals surface area contributed by atoms with E-state index in [4.69, 9.17) is 4.74 Å². The standard InChI is InChI=1S/C32H46O6/c1-18(15-21(34)16-19(2)28(36)37)24-17-27(38-20(3)33)32(8)23-9-10-25-29(4,5)26(35)12-13-30(25,6)22(23)11-14-31(24,32)7/h9,11,16,18,24-27,35H,10,12-15,17H2,1-8H3,(H,36,37)/b19-16+/t18-,24+,25-,26+,27-,30+,31+,32+/m0/s1. The first kappa shape index (κ1) is 28.8. The summed E-state index contributed by atoms with van der Waals surface area (Å²) in [4.78, 5) is 36.3. The Hall–Kier alpha value is -2.21. The fourth-order valence-corrected chi connectivity index (χ4v) is 9.10. The maximum Gasteiger partial charge on any atom is 0.331 e. The number of carbonyl (C=O) groups is 3. The average Bonchev–Trinajstić information content (AvgIpc) is 3.03. The minimum atomic E-state index is -1.08. The number of ether oxygens (including phenoxy) is 1. The predicted octanol–water partition coefficient (Wildman–Crippen LogP) is 6.04. The molecule has 8 atom stereocenters. The molecule has 38 heavy (non-hydrogen) atoms. The van der Waals surface area contributed by atoms with Crippen LogP contribution >= 0.6 is 0 Å². The van der Waals surface area contributed by atoms with E-state index in [-0.39, 0.29) is 64.0 Å². The SMILES string of the molecule is CC(=O)O[C@H]1C[C@H]([C@@H](C)CC(=O)/C=C(\C)C(=O)O)[C@@]2(C)CC=C3C(=CC[C@H]4C(C)(C)[C@H](O)CC[C@]34C)[C@]12C. The first-order chi connectivity index (χ1) is 17.5. The topological polar surface area (TPSA) is 101 Å². The van der Waals surface area contributed by atoms with Crippen molar-refractivity contribution in [3.63, 3.8) is 0 Å². The molecule has 0 heterocycles. The normalized spacial score (nSPS) is 40.6. The van der Waals surface area contributed by atoms with E-state index in [1.54, 1.807) is 0 Å². The van der Waals surface area contributed by atoms with E-state index in [9.17, 15) is 24.6 Å². The Morgan fingerprint density at radius 1 is 1.11 bits per heavy atom. The van der Waals surface area contributed by atoms with Gasteiger partial charge in [-0.25, -0.2) is 4.79 Å². The Labute approximate surface area is 227 Å². The summed E-state index contributed by atoms with van der Waals surface area (Å²) >= 11 is 0. The molecule has 0 saturated heterocycles. The molecule has 0 aromatic heterocycles. The van der Waals surface area contributed by atoms with E-state index in [2.05, 4.69) is 53.7 Å². The number of carboxylic acid groups (broad SMARTS) is 1. The monoisotopic (exact) mass is 526 g/mol. The number of aliphatic hydroxyl groups is 1. The number of fused-ring (bicyclic) bond motifs is 5. The van der Waals surface area contributed by atoms with Gasteiger partial charge in [0.15, 0.2) is 5.78 Å². The van der Waals surface area contributed by atoms with Crippen molar-refractivity contribution in [3.8, 4) is 0 Å². The molecule has 0 aromatic rings. The Morgan fingerprint density at radius 3 is 2.37 bits per heavy atom. The van der Waals surface area contributed by atoms with Crippen molar-refractivity contribution in [2.75, 3.05) is 0 Å². The van der Waals surface area contributed by atoms with Crippen LogP contribution in [0.15, 0.2) is 34.9 Å². The molecular formula is C32H46O6. The molecule has 0 bridgehead atoms. The Kier molecular flexibility index (Phi) is 7.17. The van der Waals surface area contributed by atoms with Gasteiger partial charge in [-0.15, -0.1) is 0 Å². The summed E-state index contributed by atoms with van der Waals surface area (Å²) in [6.07, 6.45) is 9.74. The molecule has 4 rings (SSSR count). The van der Waals surface area contributed by atoms with E-state index in [1.165, 1.54) is 31.1 Å². The number of hydrogen-bond donors (Lipinski definition) is 2. The summed E-state index contributed by atoms with van der Waals surface area (Å²) in [6, 6.07) is 0. The summed E-state index contributed by atoms with van der Waals surface area (Å²) in [5.41, 5.74) is 1.79. The number of hydrogen-bond acceptors (Lipinski definition) is 5. The smallest absolute Gasteiger partial charge is 0.331 e. The maximum atomic E-state index is 12.8. The van der Waals surface area contributed by atoms with Gasteiger partial charge < -0.3 is 14.9 Å². The Morgan fingerprint density at radius 2 is 1.76 bits per heavy atom. The van der Waals surface area contributed by atoms with Crippen LogP contribution in [0.2, 0.25) is 0 Å². The highest BCUT2D eigenvalue weighted by molar-refractivity contribution is 5.98. The van der Waals surface area contributed by atoms with Gasteiger partial charge in [0.1, 0.15) is 6.10 Å². The minimum absolute atomic E-state index is 0.00327. The van der Waals surface area contributed by atoms with Gasteiger partial charge >= 0.3 is 11.9 Å². The fraction of sp³-hybridized carbons (Fsp3) is 0.719. The Balaban J connectivity index is 1.75. The molecule has 4 aliphatic carbocycles. The fourth-order valence-electron chi connectivity index (χ4n) is 9.10. The number of aliphatic carboxylic acids is 1. The van der Waals surface area contributed by atoms with Crippen LogP contribution in [0.3, 0.4) is 0 Å². The number of carbonyl (C=O) groups excluding carboxylic acids is 2. The first-order valence-corrected chi connectivity index (χ1v) is 14.2. The van der Waals surface area contributed by atoms with E-state index in [0.29, 0.717) is 12.3 Å². The molecule has 2 fully saturated rings. The number of ketones is 1. The number of esters is 1. The third kappa shape index (κ3) is 4.13. The highest BCUT2D eigenvalue weighted by atomic mass is 16.5. The lowest BCUT2D eigenvalue weighted by Gasteiger charge is -2.61. The molecule has 0 spiro atoms. The lowest BCUT2D eigenvalue weighted by atomic mass is 9.44. The highest BCUT2D eigenvalue weighted by Crippen LogP contribution is 2.72. The van der Waals surface area contributed by atoms with E-state index >= 15 is 0 Å². The van der Waals surface area contributed by atoms with Crippen molar-refractivity contribution >= 4 is 17.7 Å². The van der Waals surface area contributed by atoms with Crippen molar-refractivity contribution in [1.29, 1.82) is 0 Å². The van der Waals surface area contributed by atoms with Crippen LogP contribution in [0.4, 0.5) is 0 Å². The van der Waals surface area contributed by atoms with Gasteiger partial charge in [0.05, 0.1) is 6.10 Å². The van der Waals surface area contributed by atoms with Crippen LogP contribution in [0.5, 0.6) is 0 Å². The lowest BCUT2D eigenvalue weighted by Crippen LogP contribution is -2.56. The molecule has 6 nitrogen and oxygen atoms in total. The zero-order valence-corrected chi connectivity index (χ0v) is 24.4. The molecule has 2 N–H and O–H groups in total. The van der Waals surface area contributed by atoms with Crippen molar-refractivity contribution < 1.29 is 29.3 Å². The lowest BCUT2D eigenvalue weighted by molar-refractivity contribution is -0.152. The second kappa shape index (κ2) is 9.46. The highest BCUT2D eigenvalue weighted by Gasteiger charge is 2.67. The van der Waals surface area contributed by atoms with E-state index in [1.807, 2.05) is 0 Å². The minimum Gasteiger partial charge on any atom is -0.478 e. The molecule has 6 heteroatoms. The van der Waals surface area contributed by atoms with E-state index < -0.39 is 11.4 Å². The van der Waals surface area contributed by atoms with Crippen molar-refractivity contribution in [2.45, 2.75) is 106 Å². The summed E-state index contributed by atoms with van der Waals surface area (Å²) in [6.45, 7) is 16.3. The van der Waals surface area contributed by atoms with Gasteiger partial charge in [-0.1, -0.05) is 53.7 Å².